The zero-order valence-electron chi connectivity index (χ0n) is 15.9. The van der Waals surface area contributed by atoms with E-state index < -0.39 is 0 Å². The molecule has 0 spiro atoms. The Bertz CT molecular complexity index is 470. The summed E-state index contributed by atoms with van der Waals surface area (Å²) in [6.45, 7) is 9.49. The molecule has 1 unspecified atom stereocenters. The summed E-state index contributed by atoms with van der Waals surface area (Å²) in [5, 5.41) is 9.41. The highest BCUT2D eigenvalue weighted by Gasteiger charge is 2.42. The van der Waals surface area contributed by atoms with Crippen LogP contribution in [0.3, 0.4) is 0 Å². The highest BCUT2D eigenvalue weighted by atomic mass is 32.2. The molecule has 2 rings (SSSR count). The van der Waals surface area contributed by atoms with E-state index in [1.807, 2.05) is 25.6 Å². The molecule has 0 aliphatic carbocycles. The van der Waals surface area contributed by atoms with E-state index in [9.17, 15) is 9.59 Å². The number of thioether (sulfide) groups is 1. The number of ether oxygens (including phenoxy) is 1. The molecular formula is C18H33N3O3S. The quantitative estimate of drug-likeness (QED) is 0.407. The molecule has 0 aromatic heterocycles. The average molecular weight is 372 g/mol. The van der Waals surface area contributed by atoms with Crippen LogP contribution in [0.5, 0.6) is 0 Å². The van der Waals surface area contributed by atoms with Crippen LogP contribution in [-0.2, 0) is 9.53 Å². The van der Waals surface area contributed by atoms with Crippen LogP contribution in [0.1, 0.15) is 53.4 Å². The van der Waals surface area contributed by atoms with Gasteiger partial charge in [0.2, 0.25) is 5.91 Å². The molecule has 2 aliphatic rings. The number of unbranched alkanes of at least 4 members (excludes halogenated alkanes) is 1. The van der Waals surface area contributed by atoms with Crippen molar-refractivity contribution in [1.82, 2.24) is 16.0 Å². The van der Waals surface area contributed by atoms with Crippen LogP contribution in [-0.4, -0.2) is 53.8 Å². The maximum Gasteiger partial charge on any atom is 0.315 e. The molecular weight excluding hydrogens is 338 g/mol. The Labute approximate surface area is 155 Å². The van der Waals surface area contributed by atoms with Crippen molar-refractivity contribution in [1.29, 1.82) is 0 Å². The zero-order chi connectivity index (χ0) is 18.4. The van der Waals surface area contributed by atoms with E-state index in [0.717, 1.165) is 25.0 Å². The van der Waals surface area contributed by atoms with Gasteiger partial charge in [-0.25, -0.2) is 4.79 Å². The Morgan fingerprint density at radius 3 is 2.84 bits per heavy atom. The Morgan fingerprint density at radius 1 is 1.36 bits per heavy atom. The fourth-order valence-electron chi connectivity index (χ4n) is 3.12. The first-order chi connectivity index (χ1) is 11.8. The molecule has 3 atom stereocenters. The predicted molar refractivity (Wildman–Crippen MR) is 102 cm³/mol. The molecule has 6 nitrogen and oxygen atoms in total. The fraction of sp³-hybridized carbons (Fsp3) is 0.889. The number of hydrogen-bond donors (Lipinski definition) is 3. The van der Waals surface area contributed by atoms with E-state index in [1.165, 1.54) is 0 Å². The SMILES string of the molecule is CC(C)COC(C)(C)CNC(=O)CCCCC1SC[C@@H]2NC(=O)N[C@H]12. The first kappa shape index (κ1) is 20.4. The number of nitrogens with one attached hydrogen (secondary N) is 3. The standard InChI is InChI=1S/C18H33N3O3S/c1-12(2)9-24-18(3,4)11-19-15(22)8-6-5-7-14-16-13(10-25-14)20-17(23)21-16/h12-14,16H,5-11H2,1-4H3,(H,19,22)(H2,20,21,23)/t13-,14?,16-/m0/s1. The number of rotatable bonds is 10. The number of urea groups is 1. The summed E-state index contributed by atoms with van der Waals surface area (Å²) in [5.41, 5.74) is -0.330. The van der Waals surface area contributed by atoms with Gasteiger partial charge in [0, 0.05) is 30.6 Å². The van der Waals surface area contributed by atoms with Crippen molar-refractivity contribution in [3.05, 3.63) is 0 Å². The van der Waals surface area contributed by atoms with Crippen LogP contribution >= 0.6 is 11.8 Å². The number of carbonyl (C=O) groups is 2. The second-order valence-corrected chi connectivity index (χ2v) is 9.38. The highest BCUT2D eigenvalue weighted by Crippen LogP contribution is 2.33. The molecule has 2 fully saturated rings. The van der Waals surface area contributed by atoms with E-state index >= 15 is 0 Å². The summed E-state index contributed by atoms with van der Waals surface area (Å²) < 4.78 is 5.83. The maximum atomic E-state index is 12.0. The van der Waals surface area contributed by atoms with Gasteiger partial charge in [-0.1, -0.05) is 20.3 Å². The Balaban J connectivity index is 1.56. The van der Waals surface area contributed by atoms with Gasteiger partial charge in [-0.15, -0.1) is 0 Å². The van der Waals surface area contributed by atoms with Crippen molar-refractivity contribution in [2.45, 2.75) is 76.3 Å². The van der Waals surface area contributed by atoms with Crippen molar-refractivity contribution in [3.8, 4) is 0 Å². The van der Waals surface area contributed by atoms with Gasteiger partial charge in [0.15, 0.2) is 0 Å². The number of amides is 3. The van der Waals surface area contributed by atoms with Gasteiger partial charge in [0.25, 0.3) is 0 Å². The van der Waals surface area contributed by atoms with Crippen molar-refractivity contribution in [2.75, 3.05) is 18.9 Å². The molecule has 0 radical (unpaired) electrons. The summed E-state index contributed by atoms with van der Waals surface area (Å²) in [6, 6.07) is 0.492. The lowest BCUT2D eigenvalue weighted by atomic mass is 10.0. The minimum Gasteiger partial charge on any atom is -0.373 e. The molecule has 7 heteroatoms. The van der Waals surface area contributed by atoms with E-state index in [-0.39, 0.29) is 29.6 Å². The second-order valence-electron chi connectivity index (χ2n) is 8.11. The van der Waals surface area contributed by atoms with Crippen molar-refractivity contribution < 1.29 is 14.3 Å². The minimum absolute atomic E-state index is 0.0398. The van der Waals surface area contributed by atoms with Gasteiger partial charge in [-0.3, -0.25) is 4.79 Å². The monoisotopic (exact) mass is 371 g/mol. The van der Waals surface area contributed by atoms with Crippen LogP contribution in [0, 0.1) is 5.92 Å². The van der Waals surface area contributed by atoms with Crippen LogP contribution in [0.15, 0.2) is 0 Å². The van der Waals surface area contributed by atoms with E-state index in [2.05, 4.69) is 29.8 Å². The molecule has 2 heterocycles. The van der Waals surface area contributed by atoms with E-state index in [1.54, 1.807) is 0 Å². The van der Waals surface area contributed by atoms with E-state index in [0.29, 0.717) is 30.7 Å². The summed E-state index contributed by atoms with van der Waals surface area (Å²) in [7, 11) is 0. The van der Waals surface area contributed by atoms with Gasteiger partial charge in [0.05, 0.1) is 17.7 Å². The second kappa shape index (κ2) is 9.12. The maximum absolute atomic E-state index is 12.0. The van der Waals surface area contributed by atoms with Crippen LogP contribution in [0.25, 0.3) is 0 Å². The largest absolute Gasteiger partial charge is 0.373 e. The summed E-state index contributed by atoms with van der Waals surface area (Å²) in [4.78, 5) is 23.4. The normalized spacial score (nSPS) is 25.6. The van der Waals surface area contributed by atoms with Gasteiger partial charge in [-0.2, -0.15) is 11.8 Å². The van der Waals surface area contributed by atoms with Crippen LogP contribution in [0.4, 0.5) is 4.79 Å². The van der Waals surface area contributed by atoms with Gasteiger partial charge in [-0.05, 0) is 32.6 Å². The molecule has 3 N–H and O–H groups in total. The van der Waals surface area contributed by atoms with E-state index in [4.69, 9.17) is 4.74 Å². The first-order valence-corrected chi connectivity index (χ1v) is 10.4. The molecule has 144 valence electrons. The first-order valence-electron chi connectivity index (χ1n) is 9.36. The number of fused-ring (bicyclic) bond motifs is 1. The van der Waals surface area contributed by atoms with Gasteiger partial charge >= 0.3 is 6.03 Å². The third-order valence-corrected chi connectivity index (χ3v) is 6.11. The minimum atomic E-state index is -0.330. The fourth-order valence-corrected chi connectivity index (χ4v) is 4.66. The summed E-state index contributed by atoms with van der Waals surface area (Å²) in [5.74, 6) is 1.57. The lowest BCUT2D eigenvalue weighted by Gasteiger charge is -2.26. The summed E-state index contributed by atoms with van der Waals surface area (Å²) in [6.07, 6.45) is 3.49. The molecule has 0 aromatic carbocycles. The molecule has 25 heavy (non-hydrogen) atoms. The lowest BCUT2D eigenvalue weighted by Crippen LogP contribution is -2.41. The zero-order valence-corrected chi connectivity index (χ0v) is 16.7. The molecule has 0 bridgehead atoms. The smallest absolute Gasteiger partial charge is 0.315 e. The molecule has 0 saturated carbocycles. The third kappa shape index (κ3) is 6.70. The third-order valence-electron chi connectivity index (χ3n) is 4.60. The molecule has 2 aliphatic heterocycles. The Hall–Kier alpha value is -0.950. The molecule has 0 aromatic rings. The average Bonchev–Trinajstić information content (AvgIpc) is 3.07. The lowest BCUT2D eigenvalue weighted by molar-refractivity contribution is -0.123. The van der Waals surface area contributed by atoms with Crippen molar-refractivity contribution in [2.24, 2.45) is 5.92 Å². The predicted octanol–water partition coefficient (Wildman–Crippen LogP) is 2.28. The topological polar surface area (TPSA) is 79.5 Å². The Kier molecular flexibility index (Phi) is 7.43. The van der Waals surface area contributed by atoms with Crippen LogP contribution in [0.2, 0.25) is 0 Å². The molecule has 3 amide bonds. The Morgan fingerprint density at radius 2 is 2.12 bits per heavy atom. The molecule has 2 saturated heterocycles. The van der Waals surface area contributed by atoms with Crippen molar-refractivity contribution in [3.63, 3.8) is 0 Å². The highest BCUT2D eigenvalue weighted by molar-refractivity contribution is 8.00. The van der Waals surface area contributed by atoms with Crippen molar-refractivity contribution >= 4 is 23.7 Å². The summed E-state index contributed by atoms with van der Waals surface area (Å²) >= 11 is 1.92. The van der Waals surface area contributed by atoms with Gasteiger partial charge < -0.3 is 20.7 Å². The van der Waals surface area contributed by atoms with Gasteiger partial charge in [0.1, 0.15) is 0 Å². The number of carbonyl (C=O) groups excluding carboxylic acids is 2. The van der Waals surface area contributed by atoms with Crippen LogP contribution < -0.4 is 16.0 Å². The number of hydrogen-bond acceptors (Lipinski definition) is 4.